The molecule has 0 aromatic heterocycles. The number of urea groups is 1. The Labute approximate surface area is 155 Å². The number of benzene rings is 1. The number of nitrogens with zero attached hydrogens (tertiary/aromatic N) is 1. The smallest absolute Gasteiger partial charge is 0.317 e. The fraction of sp³-hybridized carbons (Fsp3) is 0.600. The fourth-order valence-electron chi connectivity index (χ4n) is 3.55. The minimum Gasteiger partial charge on any atom is -0.497 e. The quantitative estimate of drug-likeness (QED) is 0.781. The van der Waals surface area contributed by atoms with E-state index in [1.807, 2.05) is 19.2 Å². The van der Waals surface area contributed by atoms with Crippen molar-refractivity contribution in [1.82, 2.24) is 10.2 Å². The van der Waals surface area contributed by atoms with Gasteiger partial charge in [0.15, 0.2) is 0 Å². The van der Waals surface area contributed by atoms with Crippen molar-refractivity contribution in [1.29, 1.82) is 0 Å². The molecule has 26 heavy (non-hydrogen) atoms. The minimum atomic E-state index is -0.723. The summed E-state index contributed by atoms with van der Waals surface area (Å²) in [5.74, 6) is 0.196. The van der Waals surface area contributed by atoms with Crippen LogP contribution < -0.4 is 10.1 Å². The van der Waals surface area contributed by atoms with Crippen molar-refractivity contribution >= 4 is 12.0 Å². The molecular weight excluding hydrogens is 332 g/mol. The number of hydrogen-bond donors (Lipinski definition) is 2. The van der Waals surface area contributed by atoms with Crippen LogP contribution in [0.5, 0.6) is 5.75 Å². The maximum atomic E-state index is 12.4. The molecule has 1 atom stereocenters. The Kier molecular flexibility index (Phi) is 7.30. The van der Waals surface area contributed by atoms with Gasteiger partial charge in [0.05, 0.1) is 13.0 Å². The molecule has 6 nitrogen and oxygen atoms in total. The zero-order valence-electron chi connectivity index (χ0n) is 15.9. The number of methoxy groups -OCH3 is 1. The highest BCUT2D eigenvalue weighted by Gasteiger charge is 2.27. The van der Waals surface area contributed by atoms with E-state index in [0.29, 0.717) is 25.3 Å². The fourth-order valence-corrected chi connectivity index (χ4v) is 3.55. The largest absolute Gasteiger partial charge is 0.497 e. The Morgan fingerprint density at radius 2 is 1.85 bits per heavy atom. The molecule has 2 N–H and O–H groups in total. The lowest BCUT2D eigenvalue weighted by atomic mass is 9.86. The van der Waals surface area contributed by atoms with Crippen molar-refractivity contribution in [2.75, 3.05) is 20.7 Å². The van der Waals surface area contributed by atoms with Crippen molar-refractivity contribution < 1.29 is 19.4 Å². The molecule has 1 aliphatic carbocycles. The van der Waals surface area contributed by atoms with Crippen molar-refractivity contribution in [2.24, 2.45) is 11.8 Å². The number of carbonyl (C=O) groups is 2. The van der Waals surface area contributed by atoms with E-state index in [2.05, 4.69) is 24.4 Å². The first-order valence-corrected chi connectivity index (χ1v) is 9.26. The van der Waals surface area contributed by atoms with Crippen LogP contribution in [0.15, 0.2) is 24.3 Å². The molecular formula is C20H30N2O4. The van der Waals surface area contributed by atoms with Gasteiger partial charge in [-0.2, -0.15) is 0 Å². The summed E-state index contributed by atoms with van der Waals surface area (Å²) in [6.45, 7) is 2.80. The average Bonchev–Trinajstić information content (AvgIpc) is 2.62. The molecule has 2 rings (SSSR count). The van der Waals surface area contributed by atoms with E-state index >= 15 is 0 Å². The first-order valence-electron chi connectivity index (χ1n) is 9.26. The van der Waals surface area contributed by atoms with Crippen LogP contribution in [0.25, 0.3) is 0 Å². The van der Waals surface area contributed by atoms with E-state index in [9.17, 15) is 9.59 Å². The summed E-state index contributed by atoms with van der Waals surface area (Å²) >= 11 is 0. The summed E-state index contributed by atoms with van der Waals surface area (Å²) in [4.78, 5) is 25.1. The summed E-state index contributed by atoms with van der Waals surface area (Å²) in [6, 6.07) is 8.01. The summed E-state index contributed by atoms with van der Waals surface area (Å²) in [7, 11) is 3.46. The van der Waals surface area contributed by atoms with Gasteiger partial charge in [0.25, 0.3) is 0 Å². The third-order valence-corrected chi connectivity index (χ3v) is 5.08. The molecule has 1 aliphatic rings. The molecule has 2 amide bonds. The van der Waals surface area contributed by atoms with Crippen molar-refractivity contribution in [3.63, 3.8) is 0 Å². The van der Waals surface area contributed by atoms with Gasteiger partial charge in [-0.25, -0.2) is 4.79 Å². The highest BCUT2D eigenvalue weighted by atomic mass is 16.5. The van der Waals surface area contributed by atoms with Crippen LogP contribution in [0.2, 0.25) is 0 Å². The first-order chi connectivity index (χ1) is 12.4. The molecule has 0 radical (unpaired) electrons. The second kappa shape index (κ2) is 9.46. The summed E-state index contributed by atoms with van der Waals surface area (Å²) in [5.41, 5.74) is 1.22. The predicted molar refractivity (Wildman–Crippen MR) is 100 cm³/mol. The van der Waals surface area contributed by atoms with Crippen LogP contribution in [0.1, 0.15) is 38.2 Å². The van der Waals surface area contributed by atoms with Gasteiger partial charge in [-0.05, 0) is 55.7 Å². The standard InChI is InChI=1S/C20H30N2O4/c1-14(12-15-4-10-18(26-3)11-5-15)13-22(2)20(25)21-17-8-6-16(7-9-17)19(23)24/h4-5,10-11,14,16-17H,6-9,12-13H2,1-3H3,(H,21,25)(H,23,24). The number of rotatable bonds is 7. The number of carboxylic acid groups (broad SMARTS) is 1. The van der Waals surface area contributed by atoms with E-state index in [0.717, 1.165) is 25.0 Å². The Morgan fingerprint density at radius 1 is 1.23 bits per heavy atom. The normalized spacial score (nSPS) is 20.9. The van der Waals surface area contributed by atoms with Crippen LogP contribution in [0.3, 0.4) is 0 Å². The van der Waals surface area contributed by atoms with Crippen molar-refractivity contribution in [3.05, 3.63) is 29.8 Å². The van der Waals surface area contributed by atoms with Crippen molar-refractivity contribution in [3.8, 4) is 5.75 Å². The summed E-state index contributed by atoms with van der Waals surface area (Å²) in [5, 5.41) is 12.1. The van der Waals surface area contributed by atoms with Crippen LogP contribution in [-0.2, 0) is 11.2 Å². The van der Waals surface area contributed by atoms with Gasteiger partial charge in [0, 0.05) is 19.6 Å². The summed E-state index contributed by atoms with van der Waals surface area (Å²) in [6.07, 6.45) is 3.64. The molecule has 1 fully saturated rings. The molecule has 144 valence electrons. The van der Waals surface area contributed by atoms with E-state index < -0.39 is 5.97 Å². The highest BCUT2D eigenvalue weighted by Crippen LogP contribution is 2.24. The van der Waals surface area contributed by atoms with Crippen molar-refractivity contribution in [2.45, 2.75) is 45.1 Å². The zero-order valence-corrected chi connectivity index (χ0v) is 15.9. The first kappa shape index (κ1) is 20.1. The second-order valence-electron chi connectivity index (χ2n) is 7.37. The molecule has 0 heterocycles. The van der Waals surface area contributed by atoms with E-state index in [-0.39, 0.29) is 18.0 Å². The van der Waals surface area contributed by atoms with Crippen LogP contribution in [0, 0.1) is 11.8 Å². The minimum absolute atomic E-state index is 0.0784. The molecule has 1 unspecified atom stereocenters. The van der Waals surface area contributed by atoms with Crippen LogP contribution in [-0.4, -0.2) is 48.8 Å². The molecule has 1 aromatic carbocycles. The third-order valence-electron chi connectivity index (χ3n) is 5.08. The monoisotopic (exact) mass is 362 g/mol. The topological polar surface area (TPSA) is 78.9 Å². The van der Waals surface area contributed by atoms with Crippen LogP contribution >= 0.6 is 0 Å². The van der Waals surface area contributed by atoms with Gasteiger partial charge in [-0.3, -0.25) is 4.79 Å². The summed E-state index contributed by atoms with van der Waals surface area (Å²) < 4.78 is 5.17. The Balaban J connectivity index is 1.74. The van der Waals surface area contributed by atoms with Gasteiger partial charge in [-0.15, -0.1) is 0 Å². The molecule has 0 saturated heterocycles. The molecule has 0 aliphatic heterocycles. The van der Waals surface area contributed by atoms with Gasteiger partial charge >= 0.3 is 12.0 Å². The lowest BCUT2D eigenvalue weighted by Crippen LogP contribution is -2.46. The van der Waals surface area contributed by atoms with E-state index in [1.165, 1.54) is 5.56 Å². The lowest BCUT2D eigenvalue weighted by molar-refractivity contribution is -0.142. The Hall–Kier alpha value is -2.24. The SMILES string of the molecule is COc1ccc(CC(C)CN(C)C(=O)NC2CCC(C(=O)O)CC2)cc1. The molecule has 1 saturated carbocycles. The number of carboxylic acids is 1. The predicted octanol–water partition coefficient (Wildman–Crippen LogP) is 3.16. The highest BCUT2D eigenvalue weighted by molar-refractivity contribution is 5.74. The maximum Gasteiger partial charge on any atom is 0.317 e. The number of ether oxygens (including phenoxy) is 1. The van der Waals surface area contributed by atoms with E-state index in [4.69, 9.17) is 9.84 Å². The number of carbonyl (C=O) groups excluding carboxylic acids is 1. The molecule has 6 heteroatoms. The average molecular weight is 362 g/mol. The Morgan fingerprint density at radius 3 is 2.38 bits per heavy atom. The molecule has 0 spiro atoms. The van der Waals surface area contributed by atoms with E-state index in [1.54, 1.807) is 12.0 Å². The number of amides is 2. The van der Waals surface area contributed by atoms with Gasteiger partial charge in [0.1, 0.15) is 5.75 Å². The Bertz CT molecular complexity index is 594. The lowest BCUT2D eigenvalue weighted by Gasteiger charge is -2.29. The third kappa shape index (κ3) is 5.93. The van der Waals surface area contributed by atoms with Gasteiger partial charge in [-0.1, -0.05) is 19.1 Å². The number of hydrogen-bond acceptors (Lipinski definition) is 3. The number of aliphatic carboxylic acids is 1. The molecule has 1 aromatic rings. The number of nitrogens with one attached hydrogen (secondary N) is 1. The maximum absolute atomic E-state index is 12.4. The second-order valence-corrected chi connectivity index (χ2v) is 7.37. The van der Waals surface area contributed by atoms with Crippen LogP contribution in [0.4, 0.5) is 4.79 Å². The van der Waals surface area contributed by atoms with Gasteiger partial charge in [0.2, 0.25) is 0 Å². The van der Waals surface area contributed by atoms with Gasteiger partial charge < -0.3 is 20.1 Å². The zero-order chi connectivity index (χ0) is 19.1. The molecule has 0 bridgehead atoms.